The monoisotopic (exact) mass is 208 g/mol. The van der Waals surface area contributed by atoms with Gasteiger partial charge in [-0.25, -0.2) is 4.39 Å². The summed E-state index contributed by atoms with van der Waals surface area (Å²) in [5.74, 6) is -1.80. The first-order valence-corrected chi connectivity index (χ1v) is 4.84. The van der Waals surface area contributed by atoms with E-state index in [1.54, 1.807) is 6.07 Å². The third-order valence-corrected chi connectivity index (χ3v) is 1.97. The van der Waals surface area contributed by atoms with E-state index in [1.807, 2.05) is 13.8 Å². The van der Waals surface area contributed by atoms with Crippen molar-refractivity contribution < 1.29 is 14.0 Å². The molecule has 0 aromatic heterocycles. The van der Waals surface area contributed by atoms with Crippen LogP contribution in [0.2, 0.25) is 0 Å². The SMILES string of the molecule is CC(C)CC(=O)C(=O)c1ccccc1F. The first-order chi connectivity index (χ1) is 7.02. The normalized spacial score (nSPS) is 10.4. The van der Waals surface area contributed by atoms with Crippen LogP contribution in [0.25, 0.3) is 0 Å². The molecule has 0 amide bonds. The maximum Gasteiger partial charge on any atom is 0.231 e. The molecule has 0 unspecified atom stereocenters. The fourth-order valence-electron chi connectivity index (χ4n) is 1.26. The van der Waals surface area contributed by atoms with Crippen LogP contribution < -0.4 is 0 Å². The average molecular weight is 208 g/mol. The van der Waals surface area contributed by atoms with Crippen LogP contribution in [0.1, 0.15) is 30.6 Å². The molecule has 0 aliphatic carbocycles. The van der Waals surface area contributed by atoms with E-state index in [-0.39, 0.29) is 17.9 Å². The van der Waals surface area contributed by atoms with E-state index in [0.717, 1.165) is 0 Å². The Balaban J connectivity index is 2.86. The Bertz CT molecular complexity index is 383. The van der Waals surface area contributed by atoms with Gasteiger partial charge in [-0.3, -0.25) is 9.59 Å². The summed E-state index contributed by atoms with van der Waals surface area (Å²) >= 11 is 0. The second kappa shape index (κ2) is 4.82. The Labute approximate surface area is 88.1 Å². The van der Waals surface area contributed by atoms with Crippen molar-refractivity contribution in [3.05, 3.63) is 35.6 Å². The minimum Gasteiger partial charge on any atom is -0.290 e. The summed E-state index contributed by atoms with van der Waals surface area (Å²) in [4.78, 5) is 22.9. The van der Waals surface area contributed by atoms with Gasteiger partial charge in [-0.15, -0.1) is 0 Å². The summed E-state index contributed by atoms with van der Waals surface area (Å²) in [7, 11) is 0. The van der Waals surface area contributed by atoms with Gasteiger partial charge in [0.15, 0.2) is 0 Å². The van der Waals surface area contributed by atoms with Crippen molar-refractivity contribution in [1.29, 1.82) is 0 Å². The first-order valence-electron chi connectivity index (χ1n) is 4.84. The van der Waals surface area contributed by atoms with Gasteiger partial charge in [0.05, 0.1) is 5.56 Å². The van der Waals surface area contributed by atoms with Gasteiger partial charge in [-0.05, 0) is 18.1 Å². The van der Waals surface area contributed by atoms with Gasteiger partial charge in [-0.2, -0.15) is 0 Å². The zero-order chi connectivity index (χ0) is 11.4. The predicted molar refractivity (Wildman–Crippen MR) is 55.2 cm³/mol. The largest absolute Gasteiger partial charge is 0.290 e. The predicted octanol–water partition coefficient (Wildman–Crippen LogP) is 2.62. The molecule has 1 aromatic rings. The van der Waals surface area contributed by atoms with Crippen LogP contribution in [0.5, 0.6) is 0 Å². The van der Waals surface area contributed by atoms with Crippen LogP contribution in [0.4, 0.5) is 4.39 Å². The number of Topliss-reactive ketones (excluding diaryl/α,β-unsaturated/α-hetero) is 2. The van der Waals surface area contributed by atoms with Gasteiger partial charge >= 0.3 is 0 Å². The highest BCUT2D eigenvalue weighted by Gasteiger charge is 2.19. The van der Waals surface area contributed by atoms with E-state index >= 15 is 0 Å². The Hall–Kier alpha value is -1.51. The van der Waals surface area contributed by atoms with Crippen LogP contribution in [0, 0.1) is 11.7 Å². The molecule has 0 fully saturated rings. The van der Waals surface area contributed by atoms with E-state index in [9.17, 15) is 14.0 Å². The molecule has 0 aliphatic rings. The number of benzene rings is 1. The lowest BCUT2D eigenvalue weighted by molar-refractivity contribution is -0.115. The summed E-state index contributed by atoms with van der Waals surface area (Å²) in [6.07, 6.45) is 0.160. The molecule has 1 rings (SSSR count). The maximum atomic E-state index is 13.2. The molecule has 15 heavy (non-hydrogen) atoms. The Morgan fingerprint density at radius 1 is 1.27 bits per heavy atom. The van der Waals surface area contributed by atoms with Crippen molar-refractivity contribution >= 4 is 11.6 Å². The molecule has 0 heterocycles. The van der Waals surface area contributed by atoms with E-state index in [4.69, 9.17) is 0 Å². The molecule has 0 bridgehead atoms. The zero-order valence-corrected chi connectivity index (χ0v) is 8.79. The number of rotatable bonds is 4. The number of hydrogen-bond donors (Lipinski definition) is 0. The third-order valence-electron chi connectivity index (χ3n) is 1.97. The topological polar surface area (TPSA) is 34.1 Å². The van der Waals surface area contributed by atoms with Crippen LogP contribution in [-0.2, 0) is 4.79 Å². The minimum absolute atomic E-state index is 0.105. The minimum atomic E-state index is -0.734. The van der Waals surface area contributed by atoms with Crippen LogP contribution in [0.3, 0.4) is 0 Å². The molecular weight excluding hydrogens is 195 g/mol. The number of hydrogen-bond acceptors (Lipinski definition) is 2. The van der Waals surface area contributed by atoms with Crippen molar-refractivity contribution in [3.63, 3.8) is 0 Å². The quantitative estimate of drug-likeness (QED) is 0.563. The van der Waals surface area contributed by atoms with E-state index < -0.39 is 17.4 Å². The standard InChI is InChI=1S/C12H13FO2/c1-8(2)7-11(14)12(15)9-5-3-4-6-10(9)13/h3-6,8H,7H2,1-2H3. The Morgan fingerprint density at radius 2 is 1.87 bits per heavy atom. The summed E-state index contributed by atoms with van der Waals surface area (Å²) in [6, 6.07) is 5.53. The molecule has 3 heteroatoms. The molecular formula is C12H13FO2. The van der Waals surface area contributed by atoms with Gasteiger partial charge < -0.3 is 0 Å². The zero-order valence-electron chi connectivity index (χ0n) is 8.79. The van der Waals surface area contributed by atoms with Crippen molar-refractivity contribution in [2.24, 2.45) is 5.92 Å². The second-order valence-corrected chi connectivity index (χ2v) is 3.83. The van der Waals surface area contributed by atoms with Crippen molar-refractivity contribution in [2.45, 2.75) is 20.3 Å². The molecule has 0 radical (unpaired) electrons. The highest BCUT2D eigenvalue weighted by Crippen LogP contribution is 2.10. The van der Waals surface area contributed by atoms with Gasteiger partial charge in [0.25, 0.3) is 0 Å². The lowest BCUT2D eigenvalue weighted by Gasteiger charge is -2.03. The Morgan fingerprint density at radius 3 is 2.40 bits per heavy atom. The van der Waals surface area contributed by atoms with Crippen LogP contribution in [-0.4, -0.2) is 11.6 Å². The van der Waals surface area contributed by atoms with E-state index in [1.165, 1.54) is 18.2 Å². The van der Waals surface area contributed by atoms with Crippen molar-refractivity contribution in [3.8, 4) is 0 Å². The third kappa shape index (κ3) is 2.98. The molecule has 0 spiro atoms. The average Bonchev–Trinajstić information content (AvgIpc) is 2.16. The molecule has 2 nitrogen and oxygen atoms in total. The van der Waals surface area contributed by atoms with Gasteiger partial charge in [0.2, 0.25) is 11.6 Å². The summed E-state index contributed by atoms with van der Waals surface area (Å²) in [5.41, 5.74) is -0.136. The maximum absolute atomic E-state index is 13.2. The van der Waals surface area contributed by atoms with Crippen molar-refractivity contribution in [1.82, 2.24) is 0 Å². The first kappa shape index (κ1) is 11.6. The molecule has 0 saturated heterocycles. The summed E-state index contributed by atoms with van der Waals surface area (Å²) in [5, 5.41) is 0. The highest BCUT2D eigenvalue weighted by molar-refractivity contribution is 6.43. The molecule has 0 aliphatic heterocycles. The molecule has 80 valence electrons. The number of carbonyl (C=O) groups is 2. The smallest absolute Gasteiger partial charge is 0.231 e. The lowest BCUT2D eigenvalue weighted by Crippen LogP contribution is -2.17. The fraction of sp³-hybridized carbons (Fsp3) is 0.333. The van der Waals surface area contributed by atoms with Crippen LogP contribution >= 0.6 is 0 Å². The van der Waals surface area contributed by atoms with Gasteiger partial charge in [0.1, 0.15) is 5.82 Å². The highest BCUT2D eigenvalue weighted by atomic mass is 19.1. The molecule has 0 atom stereocenters. The lowest BCUT2D eigenvalue weighted by atomic mass is 10.00. The molecule has 0 N–H and O–H groups in total. The number of carbonyl (C=O) groups excluding carboxylic acids is 2. The molecule has 0 saturated carbocycles. The van der Waals surface area contributed by atoms with E-state index in [2.05, 4.69) is 0 Å². The summed E-state index contributed by atoms with van der Waals surface area (Å²) < 4.78 is 13.2. The number of ketones is 2. The fourth-order valence-corrected chi connectivity index (χ4v) is 1.26. The Kier molecular flexibility index (Phi) is 3.72. The van der Waals surface area contributed by atoms with E-state index in [0.29, 0.717) is 0 Å². The van der Waals surface area contributed by atoms with Crippen molar-refractivity contribution in [2.75, 3.05) is 0 Å². The van der Waals surface area contributed by atoms with Crippen LogP contribution in [0.15, 0.2) is 24.3 Å². The summed E-state index contributed by atoms with van der Waals surface area (Å²) in [6.45, 7) is 3.68. The van der Waals surface area contributed by atoms with Gasteiger partial charge in [0, 0.05) is 6.42 Å². The molecule has 1 aromatic carbocycles. The van der Waals surface area contributed by atoms with Gasteiger partial charge in [-0.1, -0.05) is 26.0 Å². The second-order valence-electron chi connectivity index (χ2n) is 3.83. The number of halogens is 1.